The van der Waals surface area contributed by atoms with Crippen LogP contribution in [0.4, 0.5) is 0 Å². The Morgan fingerprint density at radius 3 is 1.96 bits per heavy atom. The van der Waals surface area contributed by atoms with Gasteiger partial charge in [-0.25, -0.2) is 0 Å². The number of benzene rings is 2. The second-order valence-electron chi connectivity index (χ2n) is 8.42. The van der Waals surface area contributed by atoms with Gasteiger partial charge in [-0.15, -0.1) is 0 Å². The van der Waals surface area contributed by atoms with Gasteiger partial charge < -0.3 is 9.67 Å². The van der Waals surface area contributed by atoms with Crippen molar-refractivity contribution in [1.82, 2.24) is 0 Å². The molecule has 5 rings (SSSR count). The summed E-state index contributed by atoms with van der Waals surface area (Å²) in [5.74, 6) is 1.21. The van der Waals surface area contributed by atoms with Crippen LogP contribution in [0.2, 0.25) is 0 Å². The summed E-state index contributed by atoms with van der Waals surface area (Å²) in [6.07, 6.45) is 2.29. The third-order valence-corrected chi connectivity index (χ3v) is 10.1. The molecule has 4 atom stereocenters. The fourth-order valence-corrected chi connectivity index (χ4v) is 8.28. The fourth-order valence-electron chi connectivity index (χ4n) is 5.16. The molecule has 3 fully saturated rings. The Labute approximate surface area is 150 Å². The average Bonchev–Trinajstić information content (AvgIpc) is 2.64. The summed E-state index contributed by atoms with van der Waals surface area (Å²) in [7, 11) is -2.76. The van der Waals surface area contributed by atoms with Gasteiger partial charge in [0, 0.05) is 16.8 Å². The summed E-state index contributed by atoms with van der Waals surface area (Å²) in [5.41, 5.74) is 0.266. The van der Waals surface area contributed by atoms with Crippen LogP contribution in [0.15, 0.2) is 60.7 Å². The van der Waals surface area contributed by atoms with Gasteiger partial charge in [-0.1, -0.05) is 74.5 Å². The third kappa shape index (κ3) is 2.71. The minimum absolute atomic E-state index is 0.117. The topological polar surface area (TPSA) is 37.3 Å². The van der Waals surface area contributed by atoms with Crippen molar-refractivity contribution in [3.63, 3.8) is 0 Å². The molecule has 0 saturated heterocycles. The van der Waals surface area contributed by atoms with E-state index in [-0.39, 0.29) is 17.4 Å². The van der Waals surface area contributed by atoms with Gasteiger partial charge in [0.05, 0.1) is 6.10 Å². The van der Waals surface area contributed by atoms with Crippen LogP contribution in [0.5, 0.6) is 0 Å². The molecule has 132 valence electrons. The average molecular weight is 354 g/mol. The standard InChI is InChI=1S/C22H27O2P/c1-22(2)16-13-20(22)19(21(23)14-16)15-25(24,17-9-5-3-6-10-17)18-11-7-4-8-12-18/h3-12,16,19-21,23H,13-15H2,1-2H3. The highest BCUT2D eigenvalue weighted by Gasteiger charge is 2.58. The second-order valence-corrected chi connectivity index (χ2v) is 11.3. The molecule has 4 unspecified atom stereocenters. The van der Waals surface area contributed by atoms with Crippen LogP contribution in [0.3, 0.4) is 0 Å². The number of fused-ring (bicyclic) bond motifs is 2. The van der Waals surface area contributed by atoms with E-state index in [4.69, 9.17) is 0 Å². The highest BCUT2D eigenvalue weighted by atomic mass is 31.2. The van der Waals surface area contributed by atoms with E-state index in [9.17, 15) is 9.67 Å². The minimum Gasteiger partial charge on any atom is -0.393 e. The molecule has 2 aromatic rings. The Morgan fingerprint density at radius 2 is 1.48 bits per heavy atom. The van der Waals surface area contributed by atoms with Crippen molar-refractivity contribution in [3.05, 3.63) is 60.7 Å². The van der Waals surface area contributed by atoms with Crippen molar-refractivity contribution in [2.24, 2.45) is 23.2 Å². The summed E-state index contributed by atoms with van der Waals surface area (Å²) in [6.45, 7) is 4.64. The van der Waals surface area contributed by atoms with Gasteiger partial charge >= 0.3 is 0 Å². The van der Waals surface area contributed by atoms with E-state index in [1.165, 1.54) is 6.42 Å². The van der Waals surface area contributed by atoms with Gasteiger partial charge in [-0.2, -0.15) is 0 Å². The molecule has 3 aliphatic carbocycles. The zero-order valence-electron chi connectivity index (χ0n) is 15.0. The number of rotatable bonds is 4. The first-order chi connectivity index (χ1) is 11.9. The fraction of sp³-hybridized carbons (Fsp3) is 0.455. The van der Waals surface area contributed by atoms with E-state index in [0.29, 0.717) is 18.0 Å². The van der Waals surface area contributed by atoms with Gasteiger partial charge in [0.2, 0.25) is 0 Å². The highest BCUT2D eigenvalue weighted by molar-refractivity contribution is 7.78. The van der Waals surface area contributed by atoms with Gasteiger partial charge in [0.15, 0.2) is 0 Å². The maximum Gasteiger partial charge on any atom is 0.143 e. The molecule has 0 amide bonds. The first-order valence-electron chi connectivity index (χ1n) is 9.31. The van der Waals surface area contributed by atoms with Crippen LogP contribution in [0, 0.1) is 23.2 Å². The smallest absolute Gasteiger partial charge is 0.143 e. The monoisotopic (exact) mass is 354 g/mol. The van der Waals surface area contributed by atoms with Crippen LogP contribution in [0.25, 0.3) is 0 Å². The normalized spacial score (nSPS) is 30.5. The lowest BCUT2D eigenvalue weighted by atomic mass is 9.45. The molecule has 1 N–H and O–H groups in total. The molecule has 2 bridgehead atoms. The molecular weight excluding hydrogens is 327 g/mol. The van der Waals surface area contributed by atoms with Gasteiger partial charge in [-0.05, 0) is 36.0 Å². The van der Waals surface area contributed by atoms with Crippen molar-refractivity contribution in [2.45, 2.75) is 32.8 Å². The molecule has 0 aromatic heterocycles. The molecule has 2 aromatic carbocycles. The van der Waals surface area contributed by atoms with Crippen molar-refractivity contribution in [3.8, 4) is 0 Å². The maximum atomic E-state index is 14.3. The largest absolute Gasteiger partial charge is 0.393 e. The van der Waals surface area contributed by atoms with E-state index in [1.54, 1.807) is 0 Å². The predicted molar refractivity (Wildman–Crippen MR) is 104 cm³/mol. The Balaban J connectivity index is 1.74. The lowest BCUT2D eigenvalue weighted by molar-refractivity contribution is -0.153. The van der Waals surface area contributed by atoms with Crippen molar-refractivity contribution >= 4 is 17.8 Å². The van der Waals surface area contributed by atoms with Crippen LogP contribution >= 0.6 is 7.14 Å². The van der Waals surface area contributed by atoms with Gasteiger partial charge in [-0.3, -0.25) is 0 Å². The maximum absolute atomic E-state index is 14.3. The first-order valence-corrected chi connectivity index (χ1v) is 11.2. The quantitative estimate of drug-likeness (QED) is 0.842. The Hall–Kier alpha value is -1.37. The molecule has 0 spiro atoms. The molecule has 3 aliphatic rings. The van der Waals surface area contributed by atoms with Crippen LogP contribution < -0.4 is 10.6 Å². The molecule has 0 aliphatic heterocycles. The van der Waals surface area contributed by atoms with E-state index in [2.05, 4.69) is 13.8 Å². The molecule has 3 heteroatoms. The lowest BCUT2D eigenvalue weighted by Crippen LogP contribution is -2.58. The highest BCUT2D eigenvalue weighted by Crippen LogP contribution is 2.63. The van der Waals surface area contributed by atoms with Crippen molar-refractivity contribution in [1.29, 1.82) is 0 Å². The van der Waals surface area contributed by atoms with Crippen LogP contribution in [0.1, 0.15) is 26.7 Å². The molecule has 0 radical (unpaired) electrons. The van der Waals surface area contributed by atoms with E-state index in [0.717, 1.165) is 17.0 Å². The number of aliphatic hydroxyl groups excluding tert-OH is 1. The van der Waals surface area contributed by atoms with E-state index >= 15 is 0 Å². The molecular formula is C22H27O2P. The SMILES string of the molecule is CC1(C)C2CC(O)C(CP(=O)(c3ccccc3)c3ccccc3)C1C2. The van der Waals surface area contributed by atoms with Crippen molar-refractivity contribution in [2.75, 3.05) is 6.16 Å². The Kier molecular flexibility index (Phi) is 4.17. The zero-order chi connectivity index (χ0) is 17.7. The molecule has 2 nitrogen and oxygen atoms in total. The second kappa shape index (κ2) is 6.11. The Morgan fingerprint density at radius 1 is 0.960 bits per heavy atom. The van der Waals surface area contributed by atoms with E-state index in [1.807, 2.05) is 60.7 Å². The first kappa shape index (κ1) is 17.1. The van der Waals surface area contributed by atoms with Gasteiger partial charge in [0.1, 0.15) is 7.14 Å². The summed E-state index contributed by atoms with van der Waals surface area (Å²) in [5, 5.41) is 12.6. The predicted octanol–water partition coefficient (Wildman–Crippen LogP) is 4.04. The summed E-state index contributed by atoms with van der Waals surface area (Å²) >= 11 is 0. The van der Waals surface area contributed by atoms with Gasteiger partial charge in [0.25, 0.3) is 0 Å². The van der Waals surface area contributed by atoms with Crippen LogP contribution in [-0.4, -0.2) is 17.4 Å². The molecule has 3 saturated carbocycles. The zero-order valence-corrected chi connectivity index (χ0v) is 15.9. The number of hydrogen-bond acceptors (Lipinski definition) is 2. The lowest BCUT2D eigenvalue weighted by Gasteiger charge is -2.62. The third-order valence-electron chi connectivity index (χ3n) is 6.90. The number of aliphatic hydroxyl groups is 1. The Bertz CT molecular complexity index is 741. The van der Waals surface area contributed by atoms with E-state index < -0.39 is 7.14 Å². The summed E-state index contributed by atoms with van der Waals surface area (Å²) < 4.78 is 14.3. The summed E-state index contributed by atoms with van der Waals surface area (Å²) in [4.78, 5) is 0. The number of hydrogen-bond donors (Lipinski definition) is 1. The molecule has 0 heterocycles. The summed E-state index contributed by atoms with van der Waals surface area (Å²) in [6, 6.07) is 19.7. The van der Waals surface area contributed by atoms with Crippen LogP contribution in [-0.2, 0) is 4.57 Å². The minimum atomic E-state index is -2.76. The molecule has 25 heavy (non-hydrogen) atoms. The van der Waals surface area contributed by atoms with Crippen molar-refractivity contribution < 1.29 is 9.67 Å².